The molecule has 0 saturated carbocycles. The number of fused-ring (bicyclic) bond motifs is 19. The number of benzene rings is 11. The number of furan rings is 1. The van der Waals surface area contributed by atoms with Crippen LogP contribution in [-0.4, -0.2) is 0 Å². The van der Waals surface area contributed by atoms with Gasteiger partial charge in [-0.15, -0.1) is 0 Å². The summed E-state index contributed by atoms with van der Waals surface area (Å²) in [6.07, 6.45) is 0. The quantitative estimate of drug-likeness (QED) is 0.171. The van der Waals surface area contributed by atoms with E-state index in [0.717, 1.165) is 33.3 Å². The lowest BCUT2D eigenvalue weighted by atomic mass is 9.70. The van der Waals surface area contributed by atoms with E-state index in [0.29, 0.717) is 0 Å². The zero-order valence-corrected chi connectivity index (χ0v) is 42.4. The lowest BCUT2D eigenvalue weighted by Gasteiger charge is -2.31. The molecule has 2 nitrogen and oxygen atoms in total. The number of hydrogen-bond acceptors (Lipinski definition) is 2. The fourth-order valence-electron chi connectivity index (χ4n) is 14.5. The van der Waals surface area contributed by atoms with E-state index < -0.39 is 5.41 Å². The van der Waals surface area contributed by atoms with Crippen molar-refractivity contribution in [3.63, 3.8) is 0 Å². The van der Waals surface area contributed by atoms with Crippen LogP contribution >= 0.6 is 0 Å². The maximum atomic E-state index is 6.79. The summed E-state index contributed by atoms with van der Waals surface area (Å²) in [5, 5.41) is 2.19. The van der Waals surface area contributed by atoms with Crippen molar-refractivity contribution in [3.05, 3.63) is 281 Å². The minimum Gasteiger partial charge on any atom is -0.456 e. The summed E-state index contributed by atoms with van der Waals surface area (Å²) < 4.78 is 6.79. The van der Waals surface area contributed by atoms with Crippen molar-refractivity contribution in [2.24, 2.45) is 0 Å². The third-order valence-electron chi connectivity index (χ3n) is 17.9. The average molecular weight is 958 g/mol. The van der Waals surface area contributed by atoms with Crippen molar-refractivity contribution in [3.8, 4) is 66.8 Å². The van der Waals surface area contributed by atoms with Crippen molar-refractivity contribution in [2.45, 2.75) is 43.9 Å². The van der Waals surface area contributed by atoms with Gasteiger partial charge in [0.05, 0.1) is 11.1 Å². The first-order chi connectivity index (χ1) is 36.7. The maximum absolute atomic E-state index is 6.79. The van der Waals surface area contributed by atoms with Gasteiger partial charge in [0.2, 0.25) is 0 Å². The lowest BCUT2D eigenvalue weighted by Crippen LogP contribution is -2.25. The molecule has 0 saturated heterocycles. The SMILES string of the molecule is CC1(C)c2ccccc2-c2ccc(N(c3ccc4oc5ccc(-c6cccc7c6-c6ccccc6C76c7ccccc7-c7ccc(-c8ccccc8)cc76)cc5c4c3)c3cccc4c3-c3ccccc3C4(C)C)cc21. The summed E-state index contributed by atoms with van der Waals surface area (Å²) in [6, 6.07) is 88.9. The average Bonchev–Trinajstić information content (AvgIpc) is 4.40. The van der Waals surface area contributed by atoms with E-state index in [1.54, 1.807) is 0 Å². The molecule has 1 unspecified atom stereocenters. The lowest BCUT2D eigenvalue weighted by molar-refractivity contribution is 0.660. The third-order valence-corrected chi connectivity index (χ3v) is 17.9. The predicted molar refractivity (Wildman–Crippen MR) is 311 cm³/mol. The van der Waals surface area contributed by atoms with Gasteiger partial charge in [-0.25, -0.2) is 0 Å². The van der Waals surface area contributed by atoms with Crippen LogP contribution in [0.15, 0.2) is 241 Å². The van der Waals surface area contributed by atoms with Gasteiger partial charge >= 0.3 is 0 Å². The van der Waals surface area contributed by atoms with E-state index in [2.05, 4.69) is 269 Å². The van der Waals surface area contributed by atoms with E-state index in [-0.39, 0.29) is 10.8 Å². The Morgan fingerprint density at radius 2 is 0.787 bits per heavy atom. The van der Waals surface area contributed by atoms with Gasteiger partial charge in [0.1, 0.15) is 11.2 Å². The first-order valence-electron chi connectivity index (χ1n) is 26.5. The Bertz CT molecular complexity index is 4430. The molecule has 0 aliphatic heterocycles. The monoisotopic (exact) mass is 957 g/mol. The molecular weight excluding hydrogens is 907 g/mol. The molecule has 354 valence electrons. The number of rotatable bonds is 5. The zero-order valence-electron chi connectivity index (χ0n) is 42.4. The van der Waals surface area contributed by atoms with E-state index in [1.807, 2.05) is 0 Å². The maximum Gasteiger partial charge on any atom is 0.135 e. The predicted octanol–water partition coefficient (Wildman–Crippen LogP) is 19.3. The molecule has 0 radical (unpaired) electrons. The van der Waals surface area contributed by atoms with Gasteiger partial charge in [0.25, 0.3) is 0 Å². The van der Waals surface area contributed by atoms with Crippen LogP contribution < -0.4 is 4.90 Å². The number of nitrogens with zero attached hydrogens (tertiary/aromatic N) is 1. The zero-order chi connectivity index (χ0) is 50.0. The highest BCUT2D eigenvalue weighted by molar-refractivity contribution is 6.10. The molecule has 0 N–H and O–H groups in total. The molecule has 1 heterocycles. The summed E-state index contributed by atoms with van der Waals surface area (Å²) >= 11 is 0. The molecular formula is C73H51NO. The van der Waals surface area contributed by atoms with Gasteiger partial charge in [0, 0.05) is 38.5 Å². The van der Waals surface area contributed by atoms with Crippen molar-refractivity contribution >= 4 is 39.0 Å². The molecule has 4 aliphatic carbocycles. The molecule has 0 bridgehead atoms. The molecule has 0 fully saturated rings. The molecule has 75 heavy (non-hydrogen) atoms. The Morgan fingerprint density at radius 1 is 0.293 bits per heavy atom. The topological polar surface area (TPSA) is 16.4 Å². The Morgan fingerprint density at radius 3 is 1.56 bits per heavy atom. The molecule has 2 heteroatoms. The molecule has 16 rings (SSSR count). The van der Waals surface area contributed by atoms with Gasteiger partial charge in [-0.3, -0.25) is 0 Å². The highest BCUT2D eigenvalue weighted by Crippen LogP contribution is 2.65. The van der Waals surface area contributed by atoms with E-state index >= 15 is 0 Å². The number of hydrogen-bond donors (Lipinski definition) is 0. The smallest absolute Gasteiger partial charge is 0.135 e. The minimum absolute atomic E-state index is 0.149. The summed E-state index contributed by atoms with van der Waals surface area (Å²) in [4.78, 5) is 2.51. The second-order valence-corrected chi connectivity index (χ2v) is 22.3. The van der Waals surface area contributed by atoms with Crippen LogP contribution in [0.4, 0.5) is 17.1 Å². The van der Waals surface area contributed by atoms with E-state index in [9.17, 15) is 0 Å². The van der Waals surface area contributed by atoms with Crippen LogP contribution in [0.3, 0.4) is 0 Å². The van der Waals surface area contributed by atoms with Crippen LogP contribution in [0.1, 0.15) is 72.2 Å². The highest BCUT2D eigenvalue weighted by atomic mass is 16.3. The van der Waals surface area contributed by atoms with Gasteiger partial charge in [-0.1, -0.05) is 210 Å². The van der Waals surface area contributed by atoms with Gasteiger partial charge in [-0.05, 0) is 160 Å². The molecule has 4 aliphatic rings. The normalized spacial score (nSPS) is 16.3. The van der Waals surface area contributed by atoms with Crippen LogP contribution in [0.2, 0.25) is 0 Å². The van der Waals surface area contributed by atoms with E-state index in [1.165, 1.54) is 117 Å². The molecule has 11 aromatic carbocycles. The summed E-state index contributed by atoms with van der Waals surface area (Å²) in [5.74, 6) is 0. The largest absolute Gasteiger partial charge is 0.456 e. The van der Waals surface area contributed by atoms with Crippen molar-refractivity contribution < 1.29 is 4.42 Å². The van der Waals surface area contributed by atoms with Crippen LogP contribution in [0, 0.1) is 0 Å². The fourth-order valence-corrected chi connectivity index (χ4v) is 14.5. The summed E-state index contributed by atoms with van der Waals surface area (Å²) in [7, 11) is 0. The second kappa shape index (κ2) is 15.1. The summed E-state index contributed by atoms with van der Waals surface area (Å²) in [5.41, 5.74) is 30.4. The first-order valence-corrected chi connectivity index (χ1v) is 26.5. The molecule has 1 aromatic heterocycles. The van der Waals surface area contributed by atoms with Crippen molar-refractivity contribution in [2.75, 3.05) is 4.90 Å². The second-order valence-electron chi connectivity index (χ2n) is 22.3. The third kappa shape index (κ3) is 5.59. The van der Waals surface area contributed by atoms with Gasteiger partial charge in [-0.2, -0.15) is 0 Å². The Kier molecular flexibility index (Phi) is 8.54. The van der Waals surface area contributed by atoms with Gasteiger partial charge < -0.3 is 9.32 Å². The van der Waals surface area contributed by atoms with Crippen LogP contribution in [0.5, 0.6) is 0 Å². The molecule has 1 spiro atoms. The van der Waals surface area contributed by atoms with Crippen molar-refractivity contribution in [1.29, 1.82) is 0 Å². The van der Waals surface area contributed by atoms with Gasteiger partial charge in [0.15, 0.2) is 0 Å². The minimum atomic E-state index is -0.480. The molecule has 0 amide bonds. The van der Waals surface area contributed by atoms with Crippen LogP contribution in [-0.2, 0) is 16.2 Å². The molecule has 12 aromatic rings. The van der Waals surface area contributed by atoms with Crippen LogP contribution in [0.25, 0.3) is 88.7 Å². The Labute approximate surface area is 437 Å². The molecule has 1 atom stereocenters. The first kappa shape index (κ1) is 42.5. The standard InChI is InChI=1S/C73H51NO/c1-71(2)59-26-13-10-22-54(59)70-62(71)29-17-31-66(70)74(48-34-37-52-50-20-8-12-25-58(50)72(3,4)64(52)43-48)47-35-39-68-57(42-47)56-40-46(33-38-67(56)75-68)49-24-16-30-63-69(49)55-23-11-15-28-61(55)73(63)60-27-14-9-21-51(60)53-36-32-45(41-65(53)73)44-18-6-5-7-19-44/h5-43H,1-4H3. The van der Waals surface area contributed by atoms with Crippen molar-refractivity contribution in [1.82, 2.24) is 0 Å². The fraction of sp³-hybridized carbons (Fsp3) is 0.0959. The Balaban J connectivity index is 0.896. The number of anilines is 3. The van der Waals surface area contributed by atoms with E-state index in [4.69, 9.17) is 4.42 Å². The highest BCUT2D eigenvalue weighted by Gasteiger charge is 2.52. The summed E-state index contributed by atoms with van der Waals surface area (Å²) in [6.45, 7) is 9.49. The Hall–Kier alpha value is -8.98.